The number of hydrogen-bond donors (Lipinski definition) is 0. The van der Waals surface area contributed by atoms with Gasteiger partial charge in [0.05, 0.1) is 6.04 Å². The van der Waals surface area contributed by atoms with Crippen LogP contribution in [-0.4, -0.2) is 35.6 Å². The maximum Gasteiger partial charge on any atom is 0.331 e. The van der Waals surface area contributed by atoms with E-state index >= 15 is 0 Å². The van der Waals surface area contributed by atoms with E-state index in [-0.39, 0.29) is 11.9 Å². The molecule has 0 radical (unpaired) electrons. The van der Waals surface area contributed by atoms with Gasteiger partial charge in [-0.1, -0.05) is 25.7 Å². The molecule has 3 heteroatoms. The topological polar surface area (TPSA) is 29.5 Å². The SMILES string of the molecule is CCCCC#CC1CCN2CCCCC2[C@@]2(C)OC(=O)C=C12. The van der Waals surface area contributed by atoms with E-state index in [1.54, 1.807) is 6.08 Å². The molecule has 3 nitrogen and oxygen atoms in total. The zero-order chi connectivity index (χ0) is 15.6. The monoisotopic (exact) mass is 301 g/mol. The van der Waals surface area contributed by atoms with E-state index in [1.807, 2.05) is 0 Å². The molecule has 0 saturated carbocycles. The molecule has 3 aliphatic heterocycles. The standard InChI is InChI=1S/C19H27NO2/c1-3-4-5-6-9-15-11-13-20-12-8-7-10-17(20)19(2)16(15)14-18(21)22-19/h14-15,17H,3-5,7-8,10-13H2,1-2H3/t15?,17?,19-/m0/s1. The molecule has 2 fully saturated rings. The van der Waals surface area contributed by atoms with Crippen LogP contribution < -0.4 is 0 Å². The van der Waals surface area contributed by atoms with Gasteiger partial charge >= 0.3 is 5.97 Å². The van der Waals surface area contributed by atoms with Crippen LogP contribution in [0.2, 0.25) is 0 Å². The van der Waals surface area contributed by atoms with E-state index in [4.69, 9.17) is 4.74 Å². The van der Waals surface area contributed by atoms with Crippen LogP contribution in [0.25, 0.3) is 0 Å². The lowest BCUT2D eigenvalue weighted by Crippen LogP contribution is -2.53. The number of carbonyl (C=O) groups is 1. The number of carbonyl (C=O) groups excluding carboxylic acids is 1. The number of hydrogen-bond acceptors (Lipinski definition) is 3. The predicted octanol–water partition coefficient (Wildman–Crippen LogP) is 3.30. The molecular formula is C19H27NO2. The van der Waals surface area contributed by atoms with Crippen LogP contribution in [0.3, 0.4) is 0 Å². The van der Waals surface area contributed by atoms with Crippen molar-refractivity contribution >= 4 is 5.97 Å². The minimum absolute atomic E-state index is 0.176. The molecular weight excluding hydrogens is 274 g/mol. The summed E-state index contributed by atoms with van der Waals surface area (Å²) in [6.07, 6.45) is 9.65. The van der Waals surface area contributed by atoms with E-state index in [0.717, 1.165) is 44.3 Å². The molecule has 2 unspecified atom stereocenters. The Morgan fingerprint density at radius 3 is 3.05 bits per heavy atom. The molecule has 0 spiro atoms. The Hall–Kier alpha value is -1.27. The normalized spacial score (nSPS) is 34.6. The Morgan fingerprint density at radius 2 is 2.23 bits per heavy atom. The lowest BCUT2D eigenvalue weighted by Gasteiger charge is -2.43. The quantitative estimate of drug-likeness (QED) is 0.445. The zero-order valence-corrected chi connectivity index (χ0v) is 13.9. The van der Waals surface area contributed by atoms with E-state index < -0.39 is 5.60 Å². The minimum atomic E-state index is -0.460. The Kier molecular flexibility index (Phi) is 4.59. The number of piperidine rings is 1. The number of unbranched alkanes of at least 4 members (excludes halogenated alkanes) is 2. The second kappa shape index (κ2) is 6.46. The molecule has 3 heterocycles. The number of ether oxygens (including phenoxy) is 1. The van der Waals surface area contributed by atoms with Crippen molar-refractivity contribution in [3.63, 3.8) is 0 Å². The fourth-order valence-corrected chi connectivity index (χ4v) is 4.22. The van der Waals surface area contributed by atoms with E-state index in [9.17, 15) is 4.79 Å². The van der Waals surface area contributed by atoms with Gasteiger partial charge in [0.1, 0.15) is 5.60 Å². The highest BCUT2D eigenvalue weighted by molar-refractivity contribution is 5.87. The first kappa shape index (κ1) is 15.6. The first-order chi connectivity index (χ1) is 10.6. The van der Waals surface area contributed by atoms with Crippen molar-refractivity contribution in [2.75, 3.05) is 13.1 Å². The molecule has 0 aromatic heterocycles. The van der Waals surface area contributed by atoms with Crippen molar-refractivity contribution < 1.29 is 9.53 Å². The maximum absolute atomic E-state index is 12.0. The number of rotatable bonds is 2. The minimum Gasteiger partial charge on any atom is -0.450 e. The van der Waals surface area contributed by atoms with Crippen LogP contribution in [-0.2, 0) is 9.53 Å². The zero-order valence-electron chi connectivity index (χ0n) is 13.9. The van der Waals surface area contributed by atoms with Crippen molar-refractivity contribution in [3.8, 4) is 11.8 Å². The summed E-state index contributed by atoms with van der Waals surface area (Å²) in [4.78, 5) is 14.5. The number of nitrogens with zero attached hydrogens (tertiary/aromatic N) is 1. The molecule has 3 aliphatic rings. The third-order valence-corrected chi connectivity index (χ3v) is 5.42. The van der Waals surface area contributed by atoms with Crippen LogP contribution in [0.4, 0.5) is 0 Å². The van der Waals surface area contributed by atoms with Crippen LogP contribution in [0.15, 0.2) is 11.6 Å². The summed E-state index contributed by atoms with van der Waals surface area (Å²) in [6.45, 7) is 6.50. The van der Waals surface area contributed by atoms with Crippen molar-refractivity contribution in [1.82, 2.24) is 4.90 Å². The number of esters is 1. The van der Waals surface area contributed by atoms with Gasteiger partial charge in [0.2, 0.25) is 0 Å². The fraction of sp³-hybridized carbons (Fsp3) is 0.737. The van der Waals surface area contributed by atoms with Crippen LogP contribution in [0.1, 0.15) is 58.8 Å². The van der Waals surface area contributed by atoms with Gasteiger partial charge in [-0.3, -0.25) is 4.90 Å². The third kappa shape index (κ3) is 2.82. The summed E-state index contributed by atoms with van der Waals surface area (Å²) >= 11 is 0. The molecule has 120 valence electrons. The van der Waals surface area contributed by atoms with Gasteiger partial charge in [-0.15, -0.1) is 5.92 Å². The average molecular weight is 301 g/mol. The molecule has 0 bridgehead atoms. The molecule has 0 aromatic rings. The molecule has 3 rings (SSSR count). The summed E-state index contributed by atoms with van der Waals surface area (Å²) < 4.78 is 5.82. The lowest BCUT2D eigenvalue weighted by atomic mass is 9.79. The smallest absolute Gasteiger partial charge is 0.331 e. The predicted molar refractivity (Wildman–Crippen MR) is 87.2 cm³/mol. The molecule has 0 aliphatic carbocycles. The molecule has 0 amide bonds. The Bertz CT molecular complexity index is 527. The number of fused-ring (bicyclic) bond motifs is 3. The second-order valence-electron chi connectivity index (χ2n) is 6.94. The Balaban J connectivity index is 1.87. The first-order valence-electron chi connectivity index (χ1n) is 8.82. The van der Waals surface area contributed by atoms with Gasteiger partial charge in [-0.05, 0) is 44.7 Å². The average Bonchev–Trinajstić information content (AvgIpc) is 2.77. The summed E-state index contributed by atoms with van der Waals surface area (Å²) in [5.41, 5.74) is 0.675. The first-order valence-corrected chi connectivity index (χ1v) is 8.82. The van der Waals surface area contributed by atoms with E-state index in [1.165, 1.54) is 19.3 Å². The largest absolute Gasteiger partial charge is 0.450 e. The van der Waals surface area contributed by atoms with Crippen LogP contribution in [0.5, 0.6) is 0 Å². The lowest BCUT2D eigenvalue weighted by molar-refractivity contribution is -0.151. The molecule has 3 atom stereocenters. The Morgan fingerprint density at radius 1 is 1.36 bits per heavy atom. The van der Waals surface area contributed by atoms with E-state index in [0.29, 0.717) is 6.04 Å². The molecule has 0 N–H and O–H groups in total. The van der Waals surface area contributed by atoms with Crippen molar-refractivity contribution in [2.24, 2.45) is 5.92 Å². The van der Waals surface area contributed by atoms with Gasteiger partial charge in [-0.25, -0.2) is 4.79 Å². The fourth-order valence-electron chi connectivity index (χ4n) is 4.22. The highest BCUT2D eigenvalue weighted by Crippen LogP contribution is 2.44. The summed E-state index contributed by atoms with van der Waals surface area (Å²) in [5, 5.41) is 0. The highest BCUT2D eigenvalue weighted by Gasteiger charge is 2.51. The molecule has 2 saturated heterocycles. The summed E-state index contributed by atoms with van der Waals surface area (Å²) in [6, 6.07) is 0.335. The summed E-state index contributed by atoms with van der Waals surface area (Å²) in [5.74, 6) is 6.78. The van der Waals surface area contributed by atoms with Gasteiger partial charge in [-0.2, -0.15) is 0 Å². The van der Waals surface area contributed by atoms with Gasteiger partial charge in [0, 0.05) is 25.0 Å². The maximum atomic E-state index is 12.0. The van der Waals surface area contributed by atoms with Crippen molar-refractivity contribution in [3.05, 3.63) is 11.6 Å². The van der Waals surface area contributed by atoms with E-state index in [2.05, 4.69) is 30.6 Å². The van der Waals surface area contributed by atoms with Crippen molar-refractivity contribution in [1.29, 1.82) is 0 Å². The second-order valence-corrected chi connectivity index (χ2v) is 6.94. The van der Waals surface area contributed by atoms with Gasteiger partial charge < -0.3 is 4.74 Å². The molecule has 22 heavy (non-hydrogen) atoms. The molecule has 0 aromatic carbocycles. The van der Waals surface area contributed by atoms with Gasteiger partial charge in [0.25, 0.3) is 0 Å². The van der Waals surface area contributed by atoms with Crippen LogP contribution >= 0.6 is 0 Å². The highest BCUT2D eigenvalue weighted by atomic mass is 16.6. The van der Waals surface area contributed by atoms with Gasteiger partial charge in [0.15, 0.2) is 0 Å². The third-order valence-electron chi connectivity index (χ3n) is 5.42. The summed E-state index contributed by atoms with van der Waals surface area (Å²) in [7, 11) is 0. The Labute approximate surface area is 134 Å². The van der Waals surface area contributed by atoms with Crippen molar-refractivity contribution in [2.45, 2.75) is 70.4 Å². The van der Waals surface area contributed by atoms with Crippen LogP contribution in [0, 0.1) is 17.8 Å².